The van der Waals surface area contributed by atoms with E-state index in [9.17, 15) is 18.0 Å². The molecule has 0 bridgehead atoms. The fourth-order valence-corrected chi connectivity index (χ4v) is 5.95. The Morgan fingerprint density at radius 2 is 1.50 bits per heavy atom. The number of rotatable bonds is 13. The zero-order chi connectivity index (χ0) is 29.3. The van der Waals surface area contributed by atoms with Crippen LogP contribution >= 0.6 is 0 Å². The summed E-state index contributed by atoms with van der Waals surface area (Å²) in [6, 6.07) is 20.7. The first-order valence-corrected chi connectivity index (χ1v) is 15.3. The summed E-state index contributed by atoms with van der Waals surface area (Å²) in [7, 11) is -4.09. The van der Waals surface area contributed by atoms with Crippen LogP contribution in [0, 0.1) is 13.8 Å². The number of sulfonamides is 1. The zero-order valence-corrected chi connectivity index (χ0v) is 25.0. The van der Waals surface area contributed by atoms with Crippen molar-refractivity contribution in [3.05, 3.63) is 95.1 Å². The summed E-state index contributed by atoms with van der Waals surface area (Å²) in [5, 5.41) is 2.92. The van der Waals surface area contributed by atoms with Gasteiger partial charge in [-0.05, 0) is 68.5 Å². The monoisotopic (exact) mass is 563 g/mol. The van der Waals surface area contributed by atoms with Crippen molar-refractivity contribution in [2.75, 3.05) is 17.4 Å². The molecule has 0 aliphatic rings. The molecule has 3 aromatic rings. The number of aryl methyl sites for hydroxylation is 3. The molecule has 8 heteroatoms. The number of nitrogens with one attached hydrogen (secondary N) is 1. The first-order valence-electron chi connectivity index (χ1n) is 13.9. The SMILES string of the molecule is CCCCNC(=O)[C@H](C)N(Cc1ccccc1C)C(=O)CN(c1ccccc1CC)S(=O)(=O)c1ccc(C)cc1. The van der Waals surface area contributed by atoms with Gasteiger partial charge in [0.1, 0.15) is 12.6 Å². The number of nitrogens with zero attached hydrogens (tertiary/aromatic N) is 2. The van der Waals surface area contributed by atoms with Gasteiger partial charge < -0.3 is 10.2 Å². The van der Waals surface area contributed by atoms with E-state index in [4.69, 9.17) is 0 Å². The molecule has 2 amide bonds. The van der Waals surface area contributed by atoms with Gasteiger partial charge >= 0.3 is 0 Å². The van der Waals surface area contributed by atoms with Gasteiger partial charge in [0.05, 0.1) is 10.6 Å². The Hall–Kier alpha value is -3.65. The van der Waals surface area contributed by atoms with E-state index < -0.39 is 28.5 Å². The molecule has 0 aliphatic heterocycles. The minimum atomic E-state index is -4.09. The number of benzene rings is 3. The Bertz CT molecular complexity index is 1400. The summed E-state index contributed by atoms with van der Waals surface area (Å²) in [6.07, 6.45) is 2.36. The van der Waals surface area contributed by atoms with Crippen LogP contribution in [0.15, 0.2) is 77.7 Å². The average molecular weight is 564 g/mol. The molecule has 3 aromatic carbocycles. The number of hydrogen-bond donors (Lipinski definition) is 1. The molecule has 214 valence electrons. The lowest BCUT2D eigenvalue weighted by Crippen LogP contribution is -2.51. The van der Waals surface area contributed by atoms with E-state index in [2.05, 4.69) is 5.32 Å². The maximum absolute atomic E-state index is 14.1. The molecular formula is C32H41N3O4S. The van der Waals surface area contributed by atoms with E-state index in [-0.39, 0.29) is 17.3 Å². The van der Waals surface area contributed by atoms with Crippen molar-refractivity contribution in [2.45, 2.75) is 71.4 Å². The van der Waals surface area contributed by atoms with Crippen LogP contribution in [0.1, 0.15) is 55.9 Å². The van der Waals surface area contributed by atoms with Gasteiger partial charge in [-0.1, -0.05) is 80.4 Å². The highest BCUT2D eigenvalue weighted by Crippen LogP contribution is 2.28. The summed E-state index contributed by atoms with van der Waals surface area (Å²) in [6.45, 7) is 9.79. The lowest BCUT2D eigenvalue weighted by atomic mass is 10.1. The fourth-order valence-electron chi connectivity index (χ4n) is 4.49. The highest BCUT2D eigenvalue weighted by molar-refractivity contribution is 7.92. The van der Waals surface area contributed by atoms with Crippen LogP contribution in [-0.2, 0) is 32.6 Å². The predicted molar refractivity (Wildman–Crippen MR) is 161 cm³/mol. The van der Waals surface area contributed by atoms with E-state index in [1.807, 2.05) is 64.1 Å². The van der Waals surface area contributed by atoms with Gasteiger partial charge in [0.25, 0.3) is 10.0 Å². The Balaban J connectivity index is 2.05. The van der Waals surface area contributed by atoms with Crippen LogP contribution in [0.3, 0.4) is 0 Å². The van der Waals surface area contributed by atoms with Crippen LogP contribution in [-0.4, -0.2) is 44.3 Å². The Morgan fingerprint density at radius 1 is 0.875 bits per heavy atom. The molecule has 0 radical (unpaired) electrons. The van der Waals surface area contributed by atoms with E-state index >= 15 is 0 Å². The number of carbonyl (C=O) groups excluding carboxylic acids is 2. The molecular weight excluding hydrogens is 522 g/mol. The second-order valence-electron chi connectivity index (χ2n) is 10.1. The number of carbonyl (C=O) groups is 2. The van der Waals surface area contributed by atoms with Crippen molar-refractivity contribution >= 4 is 27.5 Å². The van der Waals surface area contributed by atoms with Crippen molar-refractivity contribution in [2.24, 2.45) is 0 Å². The van der Waals surface area contributed by atoms with Crippen LogP contribution in [0.4, 0.5) is 5.69 Å². The maximum atomic E-state index is 14.1. The van der Waals surface area contributed by atoms with Gasteiger partial charge in [-0.15, -0.1) is 0 Å². The van der Waals surface area contributed by atoms with Crippen LogP contribution < -0.4 is 9.62 Å². The molecule has 3 rings (SSSR count). The first kappa shape index (κ1) is 30.9. The van der Waals surface area contributed by atoms with E-state index in [1.54, 1.807) is 43.3 Å². The molecule has 0 heterocycles. The zero-order valence-electron chi connectivity index (χ0n) is 24.2. The lowest BCUT2D eigenvalue weighted by Gasteiger charge is -2.33. The third-order valence-electron chi connectivity index (χ3n) is 7.13. The number of hydrogen-bond acceptors (Lipinski definition) is 4. The highest BCUT2D eigenvalue weighted by Gasteiger charge is 2.33. The number of para-hydroxylation sites is 1. The van der Waals surface area contributed by atoms with Crippen molar-refractivity contribution in [3.63, 3.8) is 0 Å². The van der Waals surface area contributed by atoms with Crippen LogP contribution in [0.5, 0.6) is 0 Å². The topological polar surface area (TPSA) is 86.8 Å². The second-order valence-corrected chi connectivity index (χ2v) is 11.9. The third-order valence-corrected chi connectivity index (χ3v) is 8.90. The smallest absolute Gasteiger partial charge is 0.264 e. The summed E-state index contributed by atoms with van der Waals surface area (Å²) in [4.78, 5) is 28.8. The first-order chi connectivity index (χ1) is 19.1. The maximum Gasteiger partial charge on any atom is 0.264 e. The van der Waals surface area contributed by atoms with Crippen LogP contribution in [0.2, 0.25) is 0 Å². The quantitative estimate of drug-likeness (QED) is 0.282. The molecule has 0 saturated heterocycles. The predicted octanol–water partition coefficient (Wildman–Crippen LogP) is 5.39. The van der Waals surface area contributed by atoms with E-state index in [1.165, 1.54) is 9.21 Å². The van der Waals surface area contributed by atoms with Gasteiger partial charge in [0.2, 0.25) is 11.8 Å². The van der Waals surface area contributed by atoms with Crippen LogP contribution in [0.25, 0.3) is 0 Å². The highest BCUT2D eigenvalue weighted by atomic mass is 32.2. The third kappa shape index (κ3) is 7.50. The molecule has 0 saturated carbocycles. The molecule has 0 spiro atoms. The van der Waals surface area contributed by atoms with Gasteiger partial charge in [-0.25, -0.2) is 8.42 Å². The van der Waals surface area contributed by atoms with Crippen molar-refractivity contribution in [1.82, 2.24) is 10.2 Å². The summed E-state index contributed by atoms with van der Waals surface area (Å²) in [5.41, 5.74) is 4.07. The molecule has 0 aromatic heterocycles. The van der Waals surface area contributed by atoms with Crippen molar-refractivity contribution < 1.29 is 18.0 Å². The molecule has 40 heavy (non-hydrogen) atoms. The van der Waals surface area contributed by atoms with Crippen molar-refractivity contribution in [3.8, 4) is 0 Å². The fraction of sp³-hybridized carbons (Fsp3) is 0.375. The molecule has 0 aliphatic carbocycles. The standard InChI is InChI=1S/C32H41N3O4S/c1-6-8-21-33-32(37)26(5)34(22-28-15-10-9-13-25(28)4)31(36)23-35(30-16-12-11-14-27(30)7-2)40(38,39)29-19-17-24(3)18-20-29/h9-20,26H,6-8,21-23H2,1-5H3,(H,33,37)/t26-/m0/s1. The molecule has 1 atom stereocenters. The van der Waals surface area contributed by atoms with Gasteiger partial charge in [-0.2, -0.15) is 0 Å². The Morgan fingerprint density at radius 3 is 2.12 bits per heavy atom. The average Bonchev–Trinajstić information content (AvgIpc) is 2.95. The number of amides is 2. The second kappa shape index (κ2) is 14.1. The molecule has 0 unspecified atom stereocenters. The normalized spacial score (nSPS) is 12.0. The van der Waals surface area contributed by atoms with Gasteiger partial charge in [0, 0.05) is 13.1 Å². The number of anilines is 1. The van der Waals surface area contributed by atoms with Crippen molar-refractivity contribution in [1.29, 1.82) is 0 Å². The van der Waals surface area contributed by atoms with E-state index in [0.717, 1.165) is 35.1 Å². The summed E-state index contributed by atoms with van der Waals surface area (Å²) >= 11 is 0. The molecule has 0 fully saturated rings. The Labute approximate surface area is 239 Å². The molecule has 7 nitrogen and oxygen atoms in total. The Kier molecular flexibility index (Phi) is 10.9. The number of unbranched alkanes of at least 4 members (excludes halogenated alkanes) is 1. The summed E-state index contributed by atoms with van der Waals surface area (Å²) < 4.78 is 29.3. The largest absolute Gasteiger partial charge is 0.354 e. The van der Waals surface area contributed by atoms with Gasteiger partial charge in [-0.3, -0.25) is 13.9 Å². The summed E-state index contributed by atoms with van der Waals surface area (Å²) in [5.74, 6) is -0.722. The minimum Gasteiger partial charge on any atom is -0.354 e. The van der Waals surface area contributed by atoms with Gasteiger partial charge in [0.15, 0.2) is 0 Å². The molecule has 1 N–H and O–H groups in total. The van der Waals surface area contributed by atoms with E-state index in [0.29, 0.717) is 18.7 Å². The lowest BCUT2D eigenvalue weighted by molar-refractivity contribution is -0.139. The minimum absolute atomic E-state index is 0.104.